The van der Waals surface area contributed by atoms with Crippen molar-refractivity contribution >= 4 is 15.9 Å². The molecule has 0 bridgehead atoms. The highest BCUT2D eigenvalue weighted by Crippen LogP contribution is 2.27. The van der Waals surface area contributed by atoms with Crippen LogP contribution in [0.3, 0.4) is 0 Å². The van der Waals surface area contributed by atoms with E-state index >= 15 is 0 Å². The molecule has 0 saturated carbocycles. The van der Waals surface area contributed by atoms with E-state index in [0.29, 0.717) is 24.5 Å². The molecule has 0 aliphatic rings. The van der Waals surface area contributed by atoms with Gasteiger partial charge in [0.05, 0.1) is 30.2 Å². The van der Waals surface area contributed by atoms with E-state index in [1.807, 2.05) is 6.07 Å². The normalized spacial score (nSPS) is 10.1. The molecule has 0 aliphatic heterocycles. The van der Waals surface area contributed by atoms with Gasteiger partial charge in [0, 0.05) is 12.7 Å². The summed E-state index contributed by atoms with van der Waals surface area (Å²) in [6, 6.07) is 4.72. The van der Waals surface area contributed by atoms with Crippen LogP contribution in [0.25, 0.3) is 0 Å². The Hall–Kier alpha value is -1.16. The Bertz CT molecular complexity index is 434. The van der Waals surface area contributed by atoms with Crippen LogP contribution in [0.1, 0.15) is 5.56 Å². The van der Waals surface area contributed by atoms with E-state index in [1.54, 1.807) is 7.11 Å². The van der Waals surface area contributed by atoms with Crippen LogP contribution in [0, 0.1) is 17.1 Å². The molecule has 0 saturated heterocycles. The lowest BCUT2D eigenvalue weighted by atomic mass is 10.1. The zero-order valence-electron chi connectivity index (χ0n) is 9.91. The molecule has 0 aliphatic carbocycles. The average molecular weight is 318 g/mol. The van der Waals surface area contributed by atoms with E-state index in [2.05, 4.69) is 15.9 Å². The molecule has 0 aromatic heterocycles. The first-order valence-electron chi connectivity index (χ1n) is 5.23. The largest absolute Gasteiger partial charge is 0.467 e. The molecule has 0 radical (unpaired) electrons. The predicted octanol–water partition coefficient (Wildman–Crippen LogP) is 2.65. The summed E-state index contributed by atoms with van der Waals surface area (Å²) in [5, 5.41) is 8.66. The third kappa shape index (κ3) is 4.61. The van der Waals surface area contributed by atoms with Gasteiger partial charge in [-0.05, 0) is 28.1 Å². The summed E-state index contributed by atoms with van der Waals surface area (Å²) in [5.74, 6) is 0.00939. The SMILES string of the molecule is COCCOCOc1cc(Br)c(F)cc1CC#N. The molecule has 0 N–H and O–H groups in total. The van der Waals surface area contributed by atoms with Gasteiger partial charge in [0.25, 0.3) is 0 Å². The van der Waals surface area contributed by atoms with Crippen molar-refractivity contribution < 1.29 is 18.6 Å². The van der Waals surface area contributed by atoms with E-state index in [0.717, 1.165) is 0 Å². The molecule has 4 nitrogen and oxygen atoms in total. The highest BCUT2D eigenvalue weighted by molar-refractivity contribution is 9.10. The maximum Gasteiger partial charge on any atom is 0.189 e. The summed E-state index contributed by atoms with van der Waals surface area (Å²) in [4.78, 5) is 0. The molecular weight excluding hydrogens is 305 g/mol. The van der Waals surface area contributed by atoms with Gasteiger partial charge >= 0.3 is 0 Å². The second-order valence-corrected chi connectivity index (χ2v) is 4.23. The molecular formula is C12H13BrFNO3. The Labute approximate surface area is 113 Å². The van der Waals surface area contributed by atoms with Crippen molar-refractivity contribution in [3.63, 3.8) is 0 Å². The molecule has 0 atom stereocenters. The maximum atomic E-state index is 13.3. The maximum absolute atomic E-state index is 13.3. The summed E-state index contributed by atoms with van der Waals surface area (Å²) >= 11 is 3.07. The third-order valence-corrected chi connectivity index (χ3v) is 2.71. The van der Waals surface area contributed by atoms with Crippen molar-refractivity contribution in [2.45, 2.75) is 6.42 Å². The first kappa shape index (κ1) is 14.9. The number of halogens is 2. The Morgan fingerprint density at radius 2 is 2.17 bits per heavy atom. The second-order valence-electron chi connectivity index (χ2n) is 3.37. The van der Waals surface area contributed by atoms with Crippen molar-refractivity contribution in [2.24, 2.45) is 0 Å². The van der Waals surface area contributed by atoms with Crippen LogP contribution < -0.4 is 4.74 Å². The van der Waals surface area contributed by atoms with Gasteiger partial charge in [-0.3, -0.25) is 0 Å². The fraction of sp³-hybridized carbons (Fsp3) is 0.417. The van der Waals surface area contributed by atoms with E-state index in [9.17, 15) is 4.39 Å². The van der Waals surface area contributed by atoms with Crippen LogP contribution in [0.5, 0.6) is 5.75 Å². The molecule has 98 valence electrons. The quantitative estimate of drug-likeness (QED) is 0.573. The molecule has 1 aromatic carbocycles. The summed E-state index contributed by atoms with van der Waals surface area (Å²) in [6.07, 6.45) is 0.0810. The number of rotatable bonds is 7. The summed E-state index contributed by atoms with van der Waals surface area (Å²) in [5.41, 5.74) is 0.494. The van der Waals surface area contributed by atoms with Crippen LogP contribution >= 0.6 is 15.9 Å². The summed E-state index contributed by atoms with van der Waals surface area (Å²) in [6.45, 7) is 0.911. The fourth-order valence-corrected chi connectivity index (χ4v) is 1.56. The highest BCUT2D eigenvalue weighted by atomic mass is 79.9. The van der Waals surface area contributed by atoms with E-state index in [-0.39, 0.29) is 17.7 Å². The van der Waals surface area contributed by atoms with Gasteiger partial charge in [-0.2, -0.15) is 5.26 Å². The number of methoxy groups -OCH3 is 1. The zero-order chi connectivity index (χ0) is 13.4. The lowest BCUT2D eigenvalue weighted by Gasteiger charge is -2.11. The first-order valence-corrected chi connectivity index (χ1v) is 6.02. The van der Waals surface area contributed by atoms with Crippen molar-refractivity contribution in [3.05, 3.63) is 28.0 Å². The monoisotopic (exact) mass is 317 g/mol. The minimum absolute atomic E-state index is 0.0276. The van der Waals surface area contributed by atoms with E-state index < -0.39 is 5.82 Å². The van der Waals surface area contributed by atoms with Gasteiger partial charge in [0.1, 0.15) is 11.6 Å². The minimum Gasteiger partial charge on any atom is -0.467 e. The second kappa shape index (κ2) is 8.03. The van der Waals surface area contributed by atoms with Gasteiger partial charge in [0.15, 0.2) is 6.79 Å². The molecule has 18 heavy (non-hydrogen) atoms. The molecule has 6 heteroatoms. The number of benzene rings is 1. The molecule has 1 rings (SSSR count). The number of nitriles is 1. The number of hydrogen-bond acceptors (Lipinski definition) is 4. The Morgan fingerprint density at radius 3 is 2.83 bits per heavy atom. The minimum atomic E-state index is -0.423. The third-order valence-electron chi connectivity index (χ3n) is 2.10. The molecule has 0 spiro atoms. The number of ether oxygens (including phenoxy) is 3. The van der Waals surface area contributed by atoms with Crippen molar-refractivity contribution in [1.82, 2.24) is 0 Å². The lowest BCUT2D eigenvalue weighted by molar-refractivity contribution is -0.00887. The highest BCUT2D eigenvalue weighted by Gasteiger charge is 2.09. The number of hydrogen-bond donors (Lipinski definition) is 0. The predicted molar refractivity (Wildman–Crippen MR) is 66.7 cm³/mol. The topological polar surface area (TPSA) is 51.5 Å². The van der Waals surface area contributed by atoms with Gasteiger partial charge < -0.3 is 14.2 Å². The average Bonchev–Trinajstić information content (AvgIpc) is 2.35. The van der Waals surface area contributed by atoms with Crippen molar-refractivity contribution in [3.8, 4) is 11.8 Å². The molecule has 1 aromatic rings. The molecule has 0 heterocycles. The summed E-state index contributed by atoms with van der Waals surface area (Å²) in [7, 11) is 1.58. The van der Waals surface area contributed by atoms with E-state index in [1.165, 1.54) is 12.1 Å². The van der Waals surface area contributed by atoms with Gasteiger partial charge in [-0.25, -0.2) is 4.39 Å². The van der Waals surface area contributed by atoms with Crippen molar-refractivity contribution in [2.75, 3.05) is 27.1 Å². The Balaban J connectivity index is 2.63. The molecule has 0 fully saturated rings. The smallest absolute Gasteiger partial charge is 0.189 e. The summed E-state index contributed by atoms with van der Waals surface area (Å²) < 4.78 is 28.9. The van der Waals surface area contributed by atoms with Crippen LogP contribution in [-0.4, -0.2) is 27.1 Å². The standard InChI is InChI=1S/C12H13BrFNO3/c1-16-4-5-17-8-18-12-7-10(13)11(14)6-9(12)2-3-15/h6-7H,2,4-5,8H2,1H3. The first-order chi connectivity index (χ1) is 8.69. The van der Waals surface area contributed by atoms with Crippen molar-refractivity contribution in [1.29, 1.82) is 5.26 Å². The molecule has 0 unspecified atom stereocenters. The van der Waals surface area contributed by atoms with Gasteiger partial charge in [-0.15, -0.1) is 0 Å². The van der Waals surface area contributed by atoms with Crippen LogP contribution in [0.15, 0.2) is 16.6 Å². The zero-order valence-corrected chi connectivity index (χ0v) is 11.5. The Morgan fingerprint density at radius 1 is 1.39 bits per heavy atom. The van der Waals surface area contributed by atoms with Crippen LogP contribution in [-0.2, 0) is 15.9 Å². The lowest BCUT2D eigenvalue weighted by Crippen LogP contribution is -2.09. The van der Waals surface area contributed by atoms with Crippen LogP contribution in [0.4, 0.5) is 4.39 Å². The Kier molecular flexibility index (Phi) is 6.65. The van der Waals surface area contributed by atoms with E-state index in [4.69, 9.17) is 19.5 Å². The van der Waals surface area contributed by atoms with Crippen LogP contribution in [0.2, 0.25) is 0 Å². The van der Waals surface area contributed by atoms with Gasteiger partial charge in [-0.1, -0.05) is 0 Å². The van der Waals surface area contributed by atoms with Gasteiger partial charge in [0.2, 0.25) is 0 Å². The molecule has 0 amide bonds. The number of nitrogens with zero attached hydrogens (tertiary/aromatic N) is 1. The fourth-order valence-electron chi connectivity index (χ4n) is 1.23.